The third-order valence-electron chi connectivity index (χ3n) is 3.86. The van der Waals surface area contributed by atoms with Crippen LogP contribution in [-0.2, 0) is 6.42 Å². The number of para-hydroxylation sites is 1. The molecule has 5 heteroatoms. The van der Waals surface area contributed by atoms with E-state index in [1.54, 1.807) is 0 Å². The molecule has 1 atom stereocenters. The van der Waals surface area contributed by atoms with Gasteiger partial charge in [-0.25, -0.2) is 0 Å². The molecule has 1 heterocycles. The number of halogens is 1. The average molecular weight is 389 g/mol. The summed E-state index contributed by atoms with van der Waals surface area (Å²) in [5.41, 5.74) is 2.45. The second-order valence-corrected chi connectivity index (χ2v) is 6.65. The highest BCUT2D eigenvalue weighted by Gasteiger charge is 2.06. The minimum Gasteiger partial charge on any atom is -0.491 e. The van der Waals surface area contributed by atoms with Gasteiger partial charge >= 0.3 is 0 Å². The zero-order chi connectivity index (χ0) is 16.8. The van der Waals surface area contributed by atoms with Crippen molar-refractivity contribution in [3.05, 3.63) is 64.8 Å². The summed E-state index contributed by atoms with van der Waals surface area (Å²) >= 11 is 3.40. The summed E-state index contributed by atoms with van der Waals surface area (Å²) in [6.07, 6.45) is 2.44. The Bertz CT molecular complexity index is 788. The maximum absolute atomic E-state index is 10.0. The zero-order valence-corrected chi connectivity index (χ0v) is 14.9. The van der Waals surface area contributed by atoms with Crippen molar-refractivity contribution in [2.24, 2.45) is 0 Å². The molecule has 1 unspecified atom stereocenters. The van der Waals surface area contributed by atoms with Crippen LogP contribution in [0, 0.1) is 0 Å². The first-order valence-corrected chi connectivity index (χ1v) is 8.84. The lowest BCUT2D eigenvalue weighted by molar-refractivity contribution is 0.106. The highest BCUT2D eigenvalue weighted by molar-refractivity contribution is 9.10. The molecular weight excluding hydrogens is 368 g/mol. The molecule has 0 aliphatic heterocycles. The van der Waals surface area contributed by atoms with E-state index < -0.39 is 6.10 Å². The topological polar surface area (TPSA) is 57.3 Å². The Balaban J connectivity index is 1.38. The van der Waals surface area contributed by atoms with E-state index >= 15 is 0 Å². The molecule has 2 aromatic carbocycles. The van der Waals surface area contributed by atoms with Crippen LogP contribution < -0.4 is 10.1 Å². The Kier molecular flexibility index (Phi) is 5.91. The van der Waals surface area contributed by atoms with E-state index in [2.05, 4.69) is 50.6 Å². The monoisotopic (exact) mass is 388 g/mol. The van der Waals surface area contributed by atoms with Crippen molar-refractivity contribution in [2.45, 2.75) is 12.5 Å². The molecule has 4 nitrogen and oxygen atoms in total. The number of rotatable bonds is 8. The molecule has 3 rings (SSSR count). The van der Waals surface area contributed by atoms with Gasteiger partial charge in [0.05, 0.1) is 0 Å². The van der Waals surface area contributed by atoms with E-state index in [1.165, 1.54) is 10.9 Å². The molecule has 3 aromatic rings. The van der Waals surface area contributed by atoms with Crippen LogP contribution in [-0.4, -0.2) is 35.9 Å². The van der Waals surface area contributed by atoms with Crippen LogP contribution in [0.3, 0.4) is 0 Å². The summed E-state index contributed by atoms with van der Waals surface area (Å²) in [7, 11) is 0. The van der Waals surface area contributed by atoms with Crippen LogP contribution >= 0.6 is 15.9 Å². The van der Waals surface area contributed by atoms with Gasteiger partial charge in [0.2, 0.25) is 0 Å². The van der Waals surface area contributed by atoms with Crippen molar-refractivity contribution >= 4 is 26.8 Å². The van der Waals surface area contributed by atoms with Gasteiger partial charge in [-0.3, -0.25) is 0 Å². The lowest BCUT2D eigenvalue weighted by atomic mass is 10.1. The summed E-state index contributed by atoms with van der Waals surface area (Å²) < 4.78 is 6.55. The first-order chi connectivity index (χ1) is 11.7. The highest BCUT2D eigenvalue weighted by atomic mass is 79.9. The van der Waals surface area contributed by atoms with Gasteiger partial charge in [-0.2, -0.15) is 0 Å². The summed E-state index contributed by atoms with van der Waals surface area (Å²) in [6.45, 7) is 1.60. The Labute approximate surface area is 150 Å². The third kappa shape index (κ3) is 4.60. The van der Waals surface area contributed by atoms with Crippen molar-refractivity contribution < 1.29 is 9.84 Å². The van der Waals surface area contributed by atoms with Crippen LogP contribution in [0.5, 0.6) is 5.75 Å². The molecule has 0 amide bonds. The van der Waals surface area contributed by atoms with Crippen LogP contribution in [0.1, 0.15) is 5.56 Å². The van der Waals surface area contributed by atoms with E-state index in [0.717, 1.165) is 28.7 Å². The normalized spacial score (nSPS) is 12.4. The van der Waals surface area contributed by atoms with Gasteiger partial charge in [0.25, 0.3) is 0 Å². The number of benzene rings is 2. The van der Waals surface area contributed by atoms with Gasteiger partial charge in [0, 0.05) is 28.1 Å². The quantitative estimate of drug-likeness (QED) is 0.517. The van der Waals surface area contributed by atoms with Gasteiger partial charge < -0.3 is 20.1 Å². The fourth-order valence-electron chi connectivity index (χ4n) is 2.64. The maximum atomic E-state index is 10.0. The van der Waals surface area contributed by atoms with Gasteiger partial charge in [-0.05, 0) is 42.8 Å². The molecule has 0 aliphatic carbocycles. The number of hydrogen-bond donors (Lipinski definition) is 3. The average Bonchev–Trinajstić information content (AvgIpc) is 3.00. The Morgan fingerprint density at radius 3 is 2.92 bits per heavy atom. The van der Waals surface area contributed by atoms with Crippen LogP contribution in [0.2, 0.25) is 0 Å². The summed E-state index contributed by atoms with van der Waals surface area (Å²) in [6, 6.07) is 15.9. The molecular formula is C19H21BrN2O2. The summed E-state index contributed by atoms with van der Waals surface area (Å²) in [5.74, 6) is 0.752. The second-order valence-electron chi connectivity index (χ2n) is 5.74. The van der Waals surface area contributed by atoms with Crippen molar-refractivity contribution in [3.63, 3.8) is 0 Å². The molecule has 0 aliphatic rings. The SMILES string of the molecule is OC(CNCCc1c[nH]c2ccccc12)COc1cccc(Br)c1. The molecule has 0 saturated heterocycles. The number of aromatic nitrogens is 1. The maximum Gasteiger partial charge on any atom is 0.120 e. The number of aromatic amines is 1. The van der Waals surface area contributed by atoms with E-state index in [9.17, 15) is 5.11 Å². The first kappa shape index (κ1) is 17.0. The molecule has 0 saturated carbocycles. The largest absolute Gasteiger partial charge is 0.491 e. The molecule has 126 valence electrons. The predicted molar refractivity (Wildman–Crippen MR) is 101 cm³/mol. The molecule has 0 spiro atoms. The van der Waals surface area contributed by atoms with E-state index in [4.69, 9.17) is 4.74 Å². The first-order valence-electron chi connectivity index (χ1n) is 8.04. The number of fused-ring (bicyclic) bond motifs is 1. The number of aliphatic hydroxyl groups excluding tert-OH is 1. The fourth-order valence-corrected chi connectivity index (χ4v) is 3.02. The van der Waals surface area contributed by atoms with Crippen molar-refractivity contribution in [3.8, 4) is 5.75 Å². The number of H-pyrrole nitrogens is 1. The molecule has 0 fully saturated rings. The number of nitrogens with one attached hydrogen (secondary N) is 2. The van der Waals surface area contributed by atoms with Gasteiger partial charge in [0.1, 0.15) is 18.5 Å². The van der Waals surface area contributed by atoms with Gasteiger partial charge in [-0.15, -0.1) is 0 Å². The number of ether oxygens (including phenoxy) is 1. The molecule has 0 radical (unpaired) electrons. The Hall–Kier alpha value is -1.82. The molecule has 3 N–H and O–H groups in total. The molecule has 1 aromatic heterocycles. The van der Waals surface area contributed by atoms with Crippen LogP contribution in [0.25, 0.3) is 10.9 Å². The Morgan fingerprint density at radius 2 is 2.04 bits per heavy atom. The van der Waals surface area contributed by atoms with Gasteiger partial charge in [0.15, 0.2) is 0 Å². The van der Waals surface area contributed by atoms with E-state index in [1.807, 2.05) is 30.3 Å². The predicted octanol–water partition coefficient (Wildman–Crippen LogP) is 3.50. The number of hydrogen-bond acceptors (Lipinski definition) is 3. The standard InChI is InChI=1S/C19H21BrN2O2/c20-15-4-3-5-17(10-15)24-13-16(23)12-21-9-8-14-11-22-19-7-2-1-6-18(14)19/h1-7,10-11,16,21-23H,8-9,12-13H2. The molecule has 0 bridgehead atoms. The molecule has 24 heavy (non-hydrogen) atoms. The summed E-state index contributed by atoms with van der Waals surface area (Å²) in [5, 5.41) is 14.5. The summed E-state index contributed by atoms with van der Waals surface area (Å²) in [4.78, 5) is 3.28. The smallest absolute Gasteiger partial charge is 0.120 e. The van der Waals surface area contributed by atoms with E-state index in [0.29, 0.717) is 6.54 Å². The van der Waals surface area contributed by atoms with Crippen molar-refractivity contribution in [2.75, 3.05) is 19.7 Å². The van der Waals surface area contributed by atoms with Crippen LogP contribution in [0.15, 0.2) is 59.2 Å². The van der Waals surface area contributed by atoms with E-state index in [-0.39, 0.29) is 6.61 Å². The van der Waals surface area contributed by atoms with Crippen molar-refractivity contribution in [1.82, 2.24) is 10.3 Å². The zero-order valence-electron chi connectivity index (χ0n) is 13.3. The lowest BCUT2D eigenvalue weighted by Gasteiger charge is -2.13. The second kappa shape index (κ2) is 8.33. The van der Waals surface area contributed by atoms with Gasteiger partial charge in [-0.1, -0.05) is 40.2 Å². The van der Waals surface area contributed by atoms with Crippen molar-refractivity contribution in [1.29, 1.82) is 0 Å². The minimum absolute atomic E-state index is 0.274. The number of aliphatic hydroxyl groups is 1. The minimum atomic E-state index is -0.535. The van der Waals surface area contributed by atoms with Crippen LogP contribution in [0.4, 0.5) is 0 Å². The fraction of sp³-hybridized carbons (Fsp3) is 0.263. The highest BCUT2D eigenvalue weighted by Crippen LogP contribution is 2.18. The lowest BCUT2D eigenvalue weighted by Crippen LogP contribution is -2.32. The third-order valence-corrected chi connectivity index (χ3v) is 4.36. The Morgan fingerprint density at radius 1 is 1.17 bits per heavy atom.